The minimum Gasteiger partial charge on any atom is -0.478 e. The van der Waals surface area contributed by atoms with Gasteiger partial charge in [0.15, 0.2) is 0 Å². The molecule has 0 saturated heterocycles. The highest BCUT2D eigenvalue weighted by atomic mass is 35.5. The van der Waals surface area contributed by atoms with Crippen molar-refractivity contribution in [3.8, 4) is 11.8 Å². The normalized spacial score (nSPS) is 9.06. The minimum absolute atomic E-state index is 0.0831. The Morgan fingerprint density at radius 1 is 1.25 bits per heavy atom. The molecule has 16 heavy (non-hydrogen) atoms. The molecule has 0 aromatic heterocycles. The van der Waals surface area contributed by atoms with Crippen molar-refractivity contribution in [2.45, 2.75) is 0 Å². The number of rotatable bonds is 2. The number of halogens is 1. The third-order valence-corrected chi connectivity index (χ3v) is 1.92. The first-order valence-electron chi connectivity index (χ1n) is 4.21. The van der Waals surface area contributed by atoms with Gasteiger partial charge in [-0.2, -0.15) is 0 Å². The molecule has 2 N–H and O–H groups in total. The fraction of sp³-hybridized carbons (Fsp3) is 0.0909. The van der Waals surface area contributed by atoms with Crippen LogP contribution >= 0.6 is 11.6 Å². The Hall–Kier alpha value is -1.99. The van der Waals surface area contributed by atoms with Crippen molar-refractivity contribution in [3.05, 3.63) is 34.9 Å². The zero-order chi connectivity index (χ0) is 12.1. The van der Waals surface area contributed by atoms with Crippen LogP contribution in [0.2, 0.25) is 0 Å². The van der Waals surface area contributed by atoms with Crippen LogP contribution in [-0.4, -0.2) is 28.0 Å². The summed E-state index contributed by atoms with van der Waals surface area (Å²) in [4.78, 5) is 21.5. The molecule has 0 atom stereocenters. The van der Waals surface area contributed by atoms with Crippen molar-refractivity contribution in [2.75, 3.05) is 5.88 Å². The lowest BCUT2D eigenvalue weighted by Crippen LogP contribution is -2.04. The number of benzene rings is 1. The first-order chi connectivity index (χ1) is 7.56. The molecule has 0 aliphatic rings. The standard InChI is InChI=1S/C11H7ClO4/c12-5-1-2-7-3-4-8(10(13)14)6-9(7)11(15)16/h3-4,6H,5H2,(H,13,14)(H,15,16). The summed E-state index contributed by atoms with van der Waals surface area (Å²) in [6.07, 6.45) is 0. The number of carboxylic acid groups (broad SMARTS) is 2. The molecule has 0 heterocycles. The van der Waals surface area contributed by atoms with Gasteiger partial charge in [0.2, 0.25) is 0 Å². The summed E-state index contributed by atoms with van der Waals surface area (Å²) in [6, 6.07) is 3.72. The Bertz CT molecular complexity index is 496. The Kier molecular flexibility index (Phi) is 3.92. The lowest BCUT2D eigenvalue weighted by atomic mass is 10.0. The molecule has 5 heteroatoms. The number of alkyl halides is 1. The molecule has 1 rings (SSSR count). The van der Waals surface area contributed by atoms with E-state index in [2.05, 4.69) is 11.8 Å². The number of aromatic carboxylic acids is 2. The van der Waals surface area contributed by atoms with Gasteiger partial charge in [-0.1, -0.05) is 11.8 Å². The van der Waals surface area contributed by atoms with E-state index in [4.69, 9.17) is 21.8 Å². The molecular weight excluding hydrogens is 232 g/mol. The van der Waals surface area contributed by atoms with Gasteiger partial charge in [0.05, 0.1) is 17.0 Å². The van der Waals surface area contributed by atoms with Gasteiger partial charge in [-0.25, -0.2) is 9.59 Å². The fourth-order valence-electron chi connectivity index (χ4n) is 1.09. The fourth-order valence-corrected chi connectivity index (χ4v) is 1.16. The van der Waals surface area contributed by atoms with Crippen LogP contribution in [0.15, 0.2) is 18.2 Å². The second kappa shape index (κ2) is 5.19. The predicted octanol–water partition coefficient (Wildman–Crippen LogP) is 1.67. The Balaban J connectivity index is 3.30. The number of hydrogen-bond acceptors (Lipinski definition) is 2. The van der Waals surface area contributed by atoms with Crippen LogP contribution in [0.1, 0.15) is 26.3 Å². The average molecular weight is 239 g/mol. The van der Waals surface area contributed by atoms with E-state index in [1.807, 2.05) is 0 Å². The summed E-state index contributed by atoms with van der Waals surface area (Å²) in [7, 11) is 0. The van der Waals surface area contributed by atoms with Crippen LogP contribution in [0.25, 0.3) is 0 Å². The Morgan fingerprint density at radius 3 is 2.44 bits per heavy atom. The lowest BCUT2D eigenvalue weighted by molar-refractivity contribution is 0.0695. The quantitative estimate of drug-likeness (QED) is 0.607. The summed E-state index contributed by atoms with van der Waals surface area (Å²) >= 11 is 5.35. The SMILES string of the molecule is O=C(O)c1ccc(C#CCCl)c(C(=O)O)c1. The third-order valence-electron chi connectivity index (χ3n) is 1.79. The second-order valence-electron chi connectivity index (χ2n) is 2.81. The molecule has 0 saturated carbocycles. The van der Waals surface area contributed by atoms with E-state index in [-0.39, 0.29) is 22.6 Å². The van der Waals surface area contributed by atoms with E-state index in [1.165, 1.54) is 12.1 Å². The molecule has 0 aliphatic heterocycles. The maximum absolute atomic E-state index is 10.9. The number of hydrogen-bond donors (Lipinski definition) is 2. The van der Waals surface area contributed by atoms with Gasteiger partial charge < -0.3 is 10.2 Å². The summed E-state index contributed by atoms with van der Waals surface area (Å²) in [5.41, 5.74) is 0.0180. The van der Waals surface area contributed by atoms with Crippen LogP contribution < -0.4 is 0 Å². The molecule has 1 aromatic carbocycles. The van der Waals surface area contributed by atoms with Crippen LogP contribution in [0.5, 0.6) is 0 Å². The predicted molar refractivity (Wildman–Crippen MR) is 58.0 cm³/mol. The zero-order valence-electron chi connectivity index (χ0n) is 8.03. The number of carboxylic acids is 2. The van der Waals surface area contributed by atoms with Gasteiger partial charge in [-0.15, -0.1) is 11.6 Å². The van der Waals surface area contributed by atoms with Crippen molar-refractivity contribution >= 4 is 23.5 Å². The van der Waals surface area contributed by atoms with Gasteiger partial charge in [-0.05, 0) is 18.2 Å². The van der Waals surface area contributed by atoms with Crippen LogP contribution in [0.3, 0.4) is 0 Å². The highest BCUT2D eigenvalue weighted by molar-refractivity contribution is 6.19. The molecule has 0 aliphatic carbocycles. The van der Waals surface area contributed by atoms with Gasteiger partial charge in [-0.3, -0.25) is 0 Å². The molecular formula is C11H7ClO4. The van der Waals surface area contributed by atoms with Crippen molar-refractivity contribution in [1.29, 1.82) is 0 Å². The largest absolute Gasteiger partial charge is 0.478 e. The molecule has 0 amide bonds. The summed E-state index contributed by atoms with van der Waals surface area (Å²) in [5, 5.41) is 17.6. The summed E-state index contributed by atoms with van der Waals surface area (Å²) < 4.78 is 0. The van der Waals surface area contributed by atoms with E-state index < -0.39 is 11.9 Å². The van der Waals surface area contributed by atoms with Crippen molar-refractivity contribution in [2.24, 2.45) is 0 Å². The van der Waals surface area contributed by atoms with E-state index in [0.717, 1.165) is 6.07 Å². The highest BCUT2D eigenvalue weighted by Crippen LogP contribution is 2.11. The molecule has 0 radical (unpaired) electrons. The highest BCUT2D eigenvalue weighted by Gasteiger charge is 2.12. The van der Waals surface area contributed by atoms with Crippen LogP contribution in [0, 0.1) is 11.8 Å². The lowest BCUT2D eigenvalue weighted by Gasteiger charge is -2.00. The Labute approximate surface area is 96.5 Å². The maximum Gasteiger partial charge on any atom is 0.336 e. The zero-order valence-corrected chi connectivity index (χ0v) is 8.78. The van der Waals surface area contributed by atoms with E-state index in [9.17, 15) is 9.59 Å². The van der Waals surface area contributed by atoms with Crippen molar-refractivity contribution in [3.63, 3.8) is 0 Å². The van der Waals surface area contributed by atoms with Crippen LogP contribution in [-0.2, 0) is 0 Å². The van der Waals surface area contributed by atoms with Gasteiger partial charge in [0.25, 0.3) is 0 Å². The molecule has 0 bridgehead atoms. The maximum atomic E-state index is 10.9. The molecule has 82 valence electrons. The van der Waals surface area contributed by atoms with Crippen LogP contribution in [0.4, 0.5) is 0 Å². The molecule has 4 nitrogen and oxygen atoms in total. The Morgan fingerprint density at radius 2 is 1.94 bits per heavy atom. The number of carbonyl (C=O) groups is 2. The topological polar surface area (TPSA) is 74.6 Å². The van der Waals surface area contributed by atoms with E-state index in [0.29, 0.717) is 0 Å². The van der Waals surface area contributed by atoms with Crippen molar-refractivity contribution < 1.29 is 19.8 Å². The van der Waals surface area contributed by atoms with Crippen molar-refractivity contribution in [1.82, 2.24) is 0 Å². The molecule has 0 spiro atoms. The smallest absolute Gasteiger partial charge is 0.336 e. The molecule has 0 unspecified atom stereocenters. The summed E-state index contributed by atoms with van der Waals surface area (Å²) in [5.74, 6) is 2.75. The molecule has 0 fully saturated rings. The third kappa shape index (κ3) is 2.75. The van der Waals surface area contributed by atoms with Gasteiger partial charge in [0.1, 0.15) is 0 Å². The first-order valence-corrected chi connectivity index (χ1v) is 4.75. The summed E-state index contributed by atoms with van der Waals surface area (Å²) in [6.45, 7) is 0. The first kappa shape index (κ1) is 12.1. The van der Waals surface area contributed by atoms with E-state index >= 15 is 0 Å². The molecule has 1 aromatic rings. The monoisotopic (exact) mass is 238 g/mol. The van der Waals surface area contributed by atoms with Gasteiger partial charge >= 0.3 is 11.9 Å². The van der Waals surface area contributed by atoms with E-state index in [1.54, 1.807) is 0 Å². The van der Waals surface area contributed by atoms with Gasteiger partial charge in [0, 0.05) is 5.56 Å². The second-order valence-corrected chi connectivity index (χ2v) is 3.07. The minimum atomic E-state index is -1.22. The average Bonchev–Trinajstić information content (AvgIpc) is 2.25.